The molecule has 0 unspecified atom stereocenters. The van der Waals surface area contributed by atoms with Crippen molar-refractivity contribution in [3.05, 3.63) is 64.8 Å². The minimum absolute atomic E-state index is 0.273. The average molecular weight is 476 g/mol. The lowest BCUT2D eigenvalue weighted by atomic mass is 10.1. The van der Waals surface area contributed by atoms with E-state index in [2.05, 4.69) is 62.8 Å². The Morgan fingerprint density at radius 3 is 2.61 bits per heavy atom. The SMILES string of the molecule is CSc1nn2c3ccccc3nc2n1C/C(C)=N/N=c1\scc(-c2ccccc2)n1C(C)C. The van der Waals surface area contributed by atoms with Crippen molar-refractivity contribution in [3.63, 3.8) is 0 Å². The van der Waals surface area contributed by atoms with Gasteiger partial charge in [-0.3, -0.25) is 4.57 Å². The van der Waals surface area contributed by atoms with Gasteiger partial charge in [-0.05, 0) is 44.7 Å². The quantitative estimate of drug-likeness (QED) is 0.185. The molecule has 0 saturated carbocycles. The van der Waals surface area contributed by atoms with E-state index in [0.29, 0.717) is 6.54 Å². The van der Waals surface area contributed by atoms with Crippen LogP contribution in [0.3, 0.4) is 0 Å². The highest BCUT2D eigenvalue weighted by atomic mass is 32.2. The van der Waals surface area contributed by atoms with E-state index in [1.54, 1.807) is 23.1 Å². The van der Waals surface area contributed by atoms with Gasteiger partial charge in [0.2, 0.25) is 10.6 Å². The van der Waals surface area contributed by atoms with Crippen molar-refractivity contribution in [2.75, 3.05) is 6.26 Å². The van der Waals surface area contributed by atoms with E-state index in [0.717, 1.165) is 38.2 Å². The van der Waals surface area contributed by atoms with E-state index in [4.69, 9.17) is 10.1 Å². The molecule has 0 amide bonds. The molecule has 0 radical (unpaired) electrons. The zero-order valence-electron chi connectivity index (χ0n) is 19.0. The molecule has 5 aromatic rings. The number of thioether (sulfide) groups is 1. The summed E-state index contributed by atoms with van der Waals surface area (Å²) in [5.74, 6) is 0.815. The number of nitrogens with zero attached hydrogens (tertiary/aromatic N) is 7. The van der Waals surface area contributed by atoms with Crippen LogP contribution in [0.1, 0.15) is 26.8 Å². The Bertz CT molecular complexity index is 1520. The molecule has 0 atom stereocenters. The Morgan fingerprint density at radius 2 is 1.85 bits per heavy atom. The van der Waals surface area contributed by atoms with Crippen LogP contribution in [-0.2, 0) is 6.54 Å². The predicted molar refractivity (Wildman–Crippen MR) is 137 cm³/mol. The molecule has 7 nitrogen and oxygen atoms in total. The lowest BCUT2D eigenvalue weighted by molar-refractivity contribution is 0.587. The molecule has 0 aliphatic carbocycles. The third-order valence-electron chi connectivity index (χ3n) is 5.38. The second-order valence-corrected chi connectivity index (χ2v) is 9.66. The zero-order chi connectivity index (χ0) is 22.9. The molecule has 33 heavy (non-hydrogen) atoms. The minimum Gasteiger partial charge on any atom is -0.313 e. The molecule has 0 N–H and O–H groups in total. The normalized spacial score (nSPS) is 13.1. The summed E-state index contributed by atoms with van der Waals surface area (Å²) in [7, 11) is 0. The fourth-order valence-corrected chi connectivity index (χ4v) is 5.40. The summed E-state index contributed by atoms with van der Waals surface area (Å²) >= 11 is 3.21. The van der Waals surface area contributed by atoms with Crippen LogP contribution in [0, 0.1) is 0 Å². The molecule has 0 aliphatic heterocycles. The maximum Gasteiger partial charge on any atom is 0.234 e. The number of thiazole rings is 1. The third-order valence-corrected chi connectivity index (χ3v) is 6.88. The van der Waals surface area contributed by atoms with Crippen molar-refractivity contribution in [2.45, 2.75) is 38.5 Å². The molecular weight excluding hydrogens is 450 g/mol. The van der Waals surface area contributed by atoms with Gasteiger partial charge in [-0.1, -0.05) is 54.2 Å². The summed E-state index contributed by atoms with van der Waals surface area (Å²) in [6, 6.07) is 18.7. The van der Waals surface area contributed by atoms with Gasteiger partial charge < -0.3 is 4.57 Å². The van der Waals surface area contributed by atoms with Gasteiger partial charge in [0.1, 0.15) is 0 Å². The maximum atomic E-state index is 4.79. The molecule has 9 heteroatoms. The molecule has 168 valence electrons. The Balaban J connectivity index is 1.52. The first-order valence-electron chi connectivity index (χ1n) is 10.8. The van der Waals surface area contributed by atoms with Crippen molar-refractivity contribution >= 4 is 45.6 Å². The summed E-state index contributed by atoms with van der Waals surface area (Å²) < 4.78 is 6.24. The summed E-state index contributed by atoms with van der Waals surface area (Å²) in [4.78, 5) is 5.68. The van der Waals surface area contributed by atoms with E-state index < -0.39 is 0 Å². The molecule has 0 fully saturated rings. The van der Waals surface area contributed by atoms with Gasteiger partial charge in [0.25, 0.3) is 0 Å². The maximum absolute atomic E-state index is 4.79. The lowest BCUT2D eigenvalue weighted by Gasteiger charge is -2.12. The summed E-state index contributed by atoms with van der Waals surface area (Å²) in [5.41, 5.74) is 5.17. The molecule has 0 bridgehead atoms. The van der Waals surface area contributed by atoms with Crippen molar-refractivity contribution in [3.8, 4) is 11.3 Å². The summed E-state index contributed by atoms with van der Waals surface area (Å²) in [6.45, 7) is 6.92. The fourth-order valence-electron chi connectivity index (χ4n) is 3.89. The number of rotatable bonds is 6. The molecular formula is C24H25N7S2. The minimum atomic E-state index is 0.273. The second-order valence-electron chi connectivity index (χ2n) is 8.05. The second kappa shape index (κ2) is 8.99. The van der Waals surface area contributed by atoms with E-state index >= 15 is 0 Å². The first-order valence-corrected chi connectivity index (χ1v) is 12.9. The van der Waals surface area contributed by atoms with Gasteiger partial charge in [0.05, 0.1) is 29.0 Å². The summed E-state index contributed by atoms with van der Waals surface area (Å²) in [5, 5.41) is 17.0. The highest BCUT2D eigenvalue weighted by Gasteiger charge is 2.16. The van der Waals surface area contributed by atoms with Crippen LogP contribution in [0.5, 0.6) is 0 Å². The number of imidazole rings is 1. The number of aromatic nitrogens is 5. The van der Waals surface area contributed by atoms with E-state index in [-0.39, 0.29) is 6.04 Å². The van der Waals surface area contributed by atoms with Crippen LogP contribution in [0.2, 0.25) is 0 Å². The van der Waals surface area contributed by atoms with Gasteiger partial charge in [0.15, 0.2) is 5.16 Å². The van der Waals surface area contributed by atoms with Gasteiger partial charge in [-0.15, -0.1) is 21.5 Å². The van der Waals surface area contributed by atoms with Gasteiger partial charge >= 0.3 is 0 Å². The Morgan fingerprint density at radius 1 is 1.09 bits per heavy atom. The molecule has 3 aromatic heterocycles. The van der Waals surface area contributed by atoms with Crippen molar-refractivity contribution < 1.29 is 0 Å². The highest BCUT2D eigenvalue weighted by Crippen LogP contribution is 2.23. The van der Waals surface area contributed by atoms with Crippen LogP contribution in [0.25, 0.3) is 28.1 Å². The number of para-hydroxylation sites is 2. The van der Waals surface area contributed by atoms with Crippen LogP contribution in [0.15, 0.2) is 75.3 Å². The van der Waals surface area contributed by atoms with Crippen molar-refractivity contribution in [2.24, 2.45) is 10.2 Å². The zero-order valence-corrected chi connectivity index (χ0v) is 20.6. The standard InChI is InChI=1S/C24H25N7S2/c1-16(2)30-21(18-10-6-5-7-11-18)15-33-23(30)27-26-17(3)14-29-22-25-19-12-8-9-13-20(19)31(22)28-24(29)32-4/h5-13,15-16H,14H2,1-4H3/b26-17+,27-23-. The van der Waals surface area contributed by atoms with Crippen LogP contribution in [0.4, 0.5) is 0 Å². The Kier molecular flexibility index (Phi) is 5.90. The van der Waals surface area contributed by atoms with Gasteiger partial charge in [-0.25, -0.2) is 4.98 Å². The van der Waals surface area contributed by atoms with Gasteiger partial charge in [-0.2, -0.15) is 9.62 Å². The molecule has 0 saturated heterocycles. The predicted octanol–water partition coefficient (Wildman–Crippen LogP) is 5.49. The number of hydrogen-bond donors (Lipinski definition) is 0. The average Bonchev–Trinajstić information content (AvgIpc) is 3.51. The monoisotopic (exact) mass is 475 g/mol. The van der Waals surface area contributed by atoms with Crippen LogP contribution in [-0.4, -0.2) is 35.7 Å². The van der Waals surface area contributed by atoms with Crippen LogP contribution < -0.4 is 4.80 Å². The van der Waals surface area contributed by atoms with Crippen LogP contribution >= 0.6 is 23.1 Å². The smallest absolute Gasteiger partial charge is 0.234 e. The third kappa shape index (κ3) is 4.02. The first kappa shape index (κ1) is 21.7. The number of hydrogen-bond acceptors (Lipinski definition) is 6. The van der Waals surface area contributed by atoms with Gasteiger partial charge in [0, 0.05) is 11.4 Å². The lowest BCUT2D eigenvalue weighted by Crippen LogP contribution is -2.18. The van der Waals surface area contributed by atoms with Crippen molar-refractivity contribution in [1.29, 1.82) is 0 Å². The highest BCUT2D eigenvalue weighted by molar-refractivity contribution is 7.98. The molecule has 0 spiro atoms. The Hall–Kier alpha value is -3.17. The number of fused-ring (bicyclic) bond motifs is 3. The molecule has 0 aliphatic rings. The molecule has 2 aromatic carbocycles. The Labute approximate surface area is 200 Å². The number of benzene rings is 2. The van der Waals surface area contributed by atoms with E-state index in [9.17, 15) is 0 Å². The molecule has 5 rings (SSSR count). The van der Waals surface area contributed by atoms with E-state index in [1.165, 1.54) is 5.56 Å². The fraction of sp³-hybridized carbons (Fsp3) is 0.250. The topological polar surface area (TPSA) is 64.8 Å². The van der Waals surface area contributed by atoms with E-state index in [1.807, 2.05) is 48.0 Å². The molecule has 3 heterocycles. The first-order chi connectivity index (χ1) is 16.1. The summed E-state index contributed by atoms with van der Waals surface area (Å²) in [6.07, 6.45) is 2.03. The van der Waals surface area contributed by atoms with Crippen molar-refractivity contribution in [1.82, 2.24) is 23.7 Å². The largest absolute Gasteiger partial charge is 0.313 e.